The summed E-state index contributed by atoms with van der Waals surface area (Å²) in [6, 6.07) is 23.4. The molecule has 5 rings (SSSR count). The van der Waals surface area contributed by atoms with Gasteiger partial charge in [-0.15, -0.1) is 0 Å². The molecule has 0 bridgehead atoms. The molecule has 0 heterocycles. The highest BCUT2D eigenvalue weighted by Crippen LogP contribution is 2.35. The third-order valence-corrected chi connectivity index (χ3v) is 6.84. The molecule has 4 heteroatoms. The fourth-order valence-electron chi connectivity index (χ4n) is 4.19. The van der Waals surface area contributed by atoms with Gasteiger partial charge < -0.3 is 0 Å². The van der Waals surface area contributed by atoms with Crippen LogP contribution in [0, 0.1) is 0 Å². The summed E-state index contributed by atoms with van der Waals surface area (Å²) in [7, 11) is -3.67. The average molecular weight is 373 g/mol. The predicted molar refractivity (Wildman–Crippen MR) is 111 cm³/mol. The largest absolute Gasteiger partial charge is 0.279 e. The zero-order valence-corrected chi connectivity index (χ0v) is 15.6. The van der Waals surface area contributed by atoms with E-state index >= 15 is 0 Å². The zero-order chi connectivity index (χ0) is 18.4. The van der Waals surface area contributed by atoms with Crippen LogP contribution in [-0.2, 0) is 22.9 Å². The Morgan fingerprint density at radius 1 is 0.741 bits per heavy atom. The van der Waals surface area contributed by atoms with Gasteiger partial charge in [0.25, 0.3) is 10.0 Å². The van der Waals surface area contributed by atoms with Crippen molar-refractivity contribution in [3.63, 3.8) is 0 Å². The van der Waals surface area contributed by atoms with Crippen molar-refractivity contribution in [1.29, 1.82) is 0 Å². The highest BCUT2D eigenvalue weighted by molar-refractivity contribution is 7.92. The molecule has 27 heavy (non-hydrogen) atoms. The van der Waals surface area contributed by atoms with Crippen molar-refractivity contribution < 1.29 is 8.42 Å². The number of hydrogen-bond acceptors (Lipinski definition) is 2. The van der Waals surface area contributed by atoms with E-state index in [2.05, 4.69) is 22.9 Å². The monoisotopic (exact) mass is 373 g/mol. The van der Waals surface area contributed by atoms with E-state index in [1.165, 1.54) is 5.56 Å². The SMILES string of the molecule is O=S(=O)(Nc1cccc2ccccc12)c1ccc2cccc3c2c1CCC3. The fraction of sp³-hybridized carbons (Fsp3) is 0.130. The Labute approximate surface area is 158 Å². The van der Waals surface area contributed by atoms with Crippen molar-refractivity contribution in [2.45, 2.75) is 24.2 Å². The number of rotatable bonds is 3. The quantitative estimate of drug-likeness (QED) is 0.531. The van der Waals surface area contributed by atoms with Gasteiger partial charge in [0.1, 0.15) is 0 Å². The molecule has 4 aromatic rings. The Morgan fingerprint density at radius 2 is 1.52 bits per heavy atom. The number of benzene rings is 4. The molecule has 0 saturated heterocycles. The van der Waals surface area contributed by atoms with E-state index in [0.29, 0.717) is 10.6 Å². The lowest BCUT2D eigenvalue weighted by Gasteiger charge is -2.21. The lowest BCUT2D eigenvalue weighted by atomic mass is 9.89. The summed E-state index contributed by atoms with van der Waals surface area (Å²) in [5.41, 5.74) is 2.81. The van der Waals surface area contributed by atoms with E-state index in [-0.39, 0.29) is 0 Å². The highest BCUT2D eigenvalue weighted by Gasteiger charge is 2.24. The van der Waals surface area contributed by atoms with Crippen LogP contribution < -0.4 is 4.72 Å². The third kappa shape index (κ3) is 2.68. The Balaban J connectivity index is 1.67. The van der Waals surface area contributed by atoms with Crippen LogP contribution in [0.1, 0.15) is 17.5 Å². The first-order valence-corrected chi connectivity index (χ1v) is 10.7. The molecule has 0 fully saturated rings. The minimum Gasteiger partial charge on any atom is -0.279 e. The molecular formula is C23H19NO2S. The number of aryl methyl sites for hydroxylation is 2. The topological polar surface area (TPSA) is 46.2 Å². The summed E-state index contributed by atoms with van der Waals surface area (Å²) in [6.07, 6.45) is 2.78. The number of nitrogens with one attached hydrogen (secondary N) is 1. The van der Waals surface area contributed by atoms with Gasteiger partial charge in [-0.1, -0.05) is 60.7 Å². The van der Waals surface area contributed by atoms with E-state index in [1.807, 2.05) is 48.5 Å². The van der Waals surface area contributed by atoms with Crippen molar-refractivity contribution in [3.05, 3.63) is 83.9 Å². The first-order valence-electron chi connectivity index (χ1n) is 9.17. The summed E-state index contributed by atoms with van der Waals surface area (Å²) >= 11 is 0. The number of sulfonamides is 1. The van der Waals surface area contributed by atoms with Gasteiger partial charge in [-0.2, -0.15) is 0 Å². The molecule has 0 radical (unpaired) electrons. The van der Waals surface area contributed by atoms with Crippen molar-refractivity contribution in [3.8, 4) is 0 Å². The summed E-state index contributed by atoms with van der Waals surface area (Å²) in [4.78, 5) is 0.398. The molecule has 1 aliphatic rings. The molecule has 0 spiro atoms. The van der Waals surface area contributed by atoms with Gasteiger partial charge in [0, 0.05) is 5.39 Å². The van der Waals surface area contributed by atoms with E-state index in [9.17, 15) is 8.42 Å². The molecule has 0 aliphatic heterocycles. The lowest BCUT2D eigenvalue weighted by molar-refractivity contribution is 0.599. The van der Waals surface area contributed by atoms with Crippen LogP contribution in [-0.4, -0.2) is 8.42 Å². The first kappa shape index (κ1) is 16.3. The van der Waals surface area contributed by atoms with Crippen LogP contribution in [0.4, 0.5) is 5.69 Å². The molecule has 0 amide bonds. The second kappa shape index (κ2) is 6.10. The summed E-state index contributed by atoms with van der Waals surface area (Å²) in [6.45, 7) is 0. The molecule has 134 valence electrons. The van der Waals surface area contributed by atoms with E-state index in [0.717, 1.165) is 46.4 Å². The predicted octanol–water partition coefficient (Wildman–Crippen LogP) is 5.28. The van der Waals surface area contributed by atoms with Gasteiger partial charge in [-0.05, 0) is 58.7 Å². The van der Waals surface area contributed by atoms with Gasteiger partial charge >= 0.3 is 0 Å². The molecule has 1 aliphatic carbocycles. The fourth-order valence-corrected chi connectivity index (χ4v) is 5.55. The zero-order valence-electron chi connectivity index (χ0n) is 14.8. The Hall–Kier alpha value is -2.85. The normalized spacial score (nSPS) is 13.8. The van der Waals surface area contributed by atoms with Crippen molar-refractivity contribution in [2.24, 2.45) is 0 Å². The second-order valence-electron chi connectivity index (χ2n) is 7.04. The third-order valence-electron chi connectivity index (χ3n) is 5.39. The van der Waals surface area contributed by atoms with Gasteiger partial charge in [0.15, 0.2) is 0 Å². The maximum Gasteiger partial charge on any atom is 0.262 e. The van der Waals surface area contributed by atoms with Crippen LogP contribution in [0.5, 0.6) is 0 Å². The summed E-state index contributed by atoms with van der Waals surface area (Å²) in [5, 5.41) is 4.15. The van der Waals surface area contributed by atoms with Crippen LogP contribution in [0.25, 0.3) is 21.5 Å². The van der Waals surface area contributed by atoms with Crippen molar-refractivity contribution >= 4 is 37.3 Å². The summed E-state index contributed by atoms with van der Waals surface area (Å²) in [5.74, 6) is 0. The number of fused-ring (bicyclic) bond motifs is 1. The van der Waals surface area contributed by atoms with E-state index in [4.69, 9.17) is 0 Å². The van der Waals surface area contributed by atoms with Crippen LogP contribution in [0.15, 0.2) is 77.7 Å². The van der Waals surface area contributed by atoms with Gasteiger partial charge in [0.2, 0.25) is 0 Å². The van der Waals surface area contributed by atoms with Crippen LogP contribution in [0.3, 0.4) is 0 Å². The molecule has 0 saturated carbocycles. The lowest BCUT2D eigenvalue weighted by Crippen LogP contribution is -2.17. The van der Waals surface area contributed by atoms with Crippen LogP contribution >= 0.6 is 0 Å². The molecule has 1 N–H and O–H groups in total. The van der Waals surface area contributed by atoms with Crippen molar-refractivity contribution in [1.82, 2.24) is 0 Å². The Bertz CT molecular complexity index is 1290. The maximum atomic E-state index is 13.3. The van der Waals surface area contributed by atoms with Crippen molar-refractivity contribution in [2.75, 3.05) is 4.72 Å². The first-order chi connectivity index (χ1) is 13.1. The van der Waals surface area contributed by atoms with Gasteiger partial charge in [-0.25, -0.2) is 8.42 Å². The minimum absolute atomic E-state index is 0.398. The van der Waals surface area contributed by atoms with Gasteiger partial charge in [0.05, 0.1) is 10.6 Å². The summed E-state index contributed by atoms with van der Waals surface area (Å²) < 4.78 is 29.4. The number of anilines is 1. The van der Waals surface area contributed by atoms with E-state index in [1.54, 1.807) is 6.07 Å². The minimum atomic E-state index is -3.67. The molecular weight excluding hydrogens is 354 g/mol. The highest BCUT2D eigenvalue weighted by atomic mass is 32.2. The smallest absolute Gasteiger partial charge is 0.262 e. The molecule has 4 aromatic carbocycles. The van der Waals surface area contributed by atoms with E-state index < -0.39 is 10.0 Å². The average Bonchev–Trinajstić information content (AvgIpc) is 2.69. The van der Waals surface area contributed by atoms with Gasteiger partial charge in [-0.3, -0.25) is 4.72 Å². The molecule has 0 atom stereocenters. The Kier molecular flexibility index (Phi) is 3.69. The molecule has 3 nitrogen and oxygen atoms in total. The number of hydrogen-bond donors (Lipinski definition) is 1. The van der Waals surface area contributed by atoms with Crippen LogP contribution in [0.2, 0.25) is 0 Å². The Morgan fingerprint density at radius 3 is 2.44 bits per heavy atom. The standard InChI is InChI=1S/C23H19NO2S/c25-27(26,24-21-13-5-7-16-6-1-2-11-19(16)21)22-15-14-18-9-3-8-17-10-4-12-20(22)23(17)18/h1-3,5-9,11,13-15,24H,4,10,12H2. The second-order valence-corrected chi connectivity index (χ2v) is 8.69. The maximum absolute atomic E-state index is 13.3. The molecule has 0 aromatic heterocycles. The molecule has 0 unspecified atom stereocenters.